The molecule has 9 aromatic rings. The smallest absolute Gasteiger partial charge is 0.185 e. The highest BCUT2D eigenvalue weighted by molar-refractivity contribution is 5.46. The topological polar surface area (TPSA) is 118 Å². The minimum Gasteiger partial charge on any atom is -0.378 e. The van der Waals surface area contributed by atoms with Crippen molar-refractivity contribution in [3.8, 4) is 0 Å². The normalized spacial score (nSPS) is 19.1. The van der Waals surface area contributed by atoms with Crippen molar-refractivity contribution in [3.63, 3.8) is 0 Å². The van der Waals surface area contributed by atoms with Crippen LogP contribution in [0.1, 0.15) is 68.2 Å². The summed E-state index contributed by atoms with van der Waals surface area (Å²) in [7, 11) is 0. The van der Waals surface area contributed by atoms with Gasteiger partial charge in [0.15, 0.2) is 12.6 Å². The third-order valence-electron chi connectivity index (χ3n) is 14.4. The van der Waals surface area contributed by atoms with Gasteiger partial charge in [0, 0.05) is 11.1 Å². The minimum atomic E-state index is -1.85. The molecule has 0 bridgehead atoms. The van der Waals surface area contributed by atoms with E-state index in [0.29, 0.717) is 55.6 Å². The molecule has 358 valence electrons. The van der Waals surface area contributed by atoms with Gasteiger partial charge in [0.1, 0.15) is 46.8 Å². The van der Waals surface area contributed by atoms with Crippen molar-refractivity contribution in [1.82, 2.24) is 0 Å². The summed E-state index contributed by atoms with van der Waals surface area (Å²) in [4.78, 5) is 0. The van der Waals surface area contributed by atoms with E-state index in [4.69, 9.17) is 18.9 Å². The Morgan fingerprint density at radius 3 is 0.556 bits per heavy atom. The Hall–Kier alpha value is -7.34. The van der Waals surface area contributed by atoms with Crippen LogP contribution in [0.25, 0.3) is 0 Å². The highest BCUT2D eigenvalue weighted by Crippen LogP contribution is 2.54. The predicted octanol–water partition coefficient (Wildman–Crippen LogP) is 11.0. The molecule has 0 radical (unpaired) electrons. The standard InChI is InChI=1S/C64H54O8/c65-61(47-28-9-1-10-29-47,48-30-11-2-12-31-48)55-56(62(66,49-32-13-3-14-33-49)50-34-15-4-16-35-50)70-59(69-55)45-26-25-27-46(44-45)60-71-57(63(67,51-36-17-5-18-37-51)52-38-19-6-20-39-52)58(72-60)64(68,53-40-21-7-22-41-53)54-42-23-8-24-43-54/h1-44,55-60,65-68H/t55-,56-,57-,58-/m1/s1. The molecule has 0 spiro atoms. The zero-order valence-corrected chi connectivity index (χ0v) is 39.3. The van der Waals surface area contributed by atoms with Crippen LogP contribution < -0.4 is 0 Å². The number of aliphatic hydroxyl groups is 4. The minimum absolute atomic E-state index is 0.543. The van der Waals surface area contributed by atoms with Gasteiger partial charge in [0.2, 0.25) is 0 Å². The van der Waals surface area contributed by atoms with Gasteiger partial charge in [-0.2, -0.15) is 0 Å². The van der Waals surface area contributed by atoms with Crippen LogP contribution in [0.15, 0.2) is 267 Å². The van der Waals surface area contributed by atoms with Gasteiger partial charge in [-0.05, 0) is 50.6 Å². The van der Waals surface area contributed by atoms with Crippen molar-refractivity contribution in [3.05, 3.63) is 323 Å². The summed E-state index contributed by atoms with van der Waals surface area (Å²) < 4.78 is 28.5. The van der Waals surface area contributed by atoms with Crippen LogP contribution in [0, 0.1) is 0 Å². The molecule has 8 heteroatoms. The average Bonchev–Trinajstić information content (AvgIpc) is 4.14. The zero-order valence-electron chi connectivity index (χ0n) is 39.3. The molecule has 4 N–H and O–H groups in total. The first kappa shape index (κ1) is 47.0. The summed E-state index contributed by atoms with van der Waals surface area (Å²) in [6.07, 6.45) is -7.16. The van der Waals surface area contributed by atoms with Crippen molar-refractivity contribution >= 4 is 0 Å². The van der Waals surface area contributed by atoms with Crippen LogP contribution in [0.5, 0.6) is 0 Å². The van der Waals surface area contributed by atoms with Crippen molar-refractivity contribution < 1.29 is 39.4 Å². The van der Waals surface area contributed by atoms with E-state index in [1.165, 1.54) is 0 Å². The van der Waals surface area contributed by atoms with E-state index in [0.717, 1.165) is 0 Å². The second-order valence-corrected chi connectivity index (χ2v) is 18.6. The van der Waals surface area contributed by atoms with E-state index >= 15 is 0 Å². The number of hydrogen-bond acceptors (Lipinski definition) is 8. The molecule has 2 fully saturated rings. The van der Waals surface area contributed by atoms with E-state index in [1.807, 2.05) is 267 Å². The molecule has 2 saturated heterocycles. The monoisotopic (exact) mass is 950 g/mol. The summed E-state index contributed by atoms with van der Waals surface area (Å²) in [5, 5.41) is 54.2. The van der Waals surface area contributed by atoms with Crippen LogP contribution in [0.3, 0.4) is 0 Å². The fraction of sp³-hybridized carbons (Fsp3) is 0.156. The Morgan fingerprint density at radius 1 is 0.222 bits per heavy atom. The van der Waals surface area contributed by atoms with Crippen LogP contribution in [-0.4, -0.2) is 44.8 Å². The summed E-state index contributed by atoms with van der Waals surface area (Å²) in [6.45, 7) is 0. The number of rotatable bonds is 14. The van der Waals surface area contributed by atoms with Crippen LogP contribution in [0.2, 0.25) is 0 Å². The van der Waals surface area contributed by atoms with Gasteiger partial charge in [-0.3, -0.25) is 0 Å². The first-order valence-corrected chi connectivity index (χ1v) is 24.3. The zero-order chi connectivity index (χ0) is 49.2. The lowest BCUT2D eigenvalue weighted by Crippen LogP contribution is -2.54. The highest BCUT2D eigenvalue weighted by atomic mass is 16.7. The number of hydrogen-bond donors (Lipinski definition) is 4. The SMILES string of the molecule is OC(c1ccccc1)(c1ccccc1)[C@@H]1OC(c2cccc(C3O[C@@H](C(O)(c4ccccc4)c4ccccc4)[C@H](C(O)(c4ccccc4)c4ccccc4)O3)c2)O[C@H]1C(O)(c1ccccc1)c1ccccc1. The molecule has 0 amide bonds. The summed E-state index contributed by atoms with van der Waals surface area (Å²) in [5.74, 6) is 0. The van der Waals surface area contributed by atoms with Crippen molar-refractivity contribution in [2.45, 2.75) is 59.4 Å². The van der Waals surface area contributed by atoms with Gasteiger partial charge in [0.05, 0.1) is 0 Å². The largest absolute Gasteiger partial charge is 0.378 e. The Balaban J connectivity index is 1.05. The van der Waals surface area contributed by atoms with Crippen molar-refractivity contribution in [2.24, 2.45) is 0 Å². The predicted molar refractivity (Wildman–Crippen MR) is 275 cm³/mol. The summed E-state index contributed by atoms with van der Waals surface area (Å²) in [5.41, 5.74) is -1.95. The second-order valence-electron chi connectivity index (χ2n) is 18.6. The summed E-state index contributed by atoms with van der Waals surface area (Å²) >= 11 is 0. The van der Waals surface area contributed by atoms with Gasteiger partial charge in [0.25, 0.3) is 0 Å². The molecule has 0 aliphatic carbocycles. The third-order valence-corrected chi connectivity index (χ3v) is 14.4. The molecule has 0 saturated carbocycles. The first-order valence-electron chi connectivity index (χ1n) is 24.3. The molecular formula is C64H54O8. The van der Waals surface area contributed by atoms with Crippen LogP contribution in [0.4, 0.5) is 0 Å². The fourth-order valence-electron chi connectivity index (χ4n) is 10.8. The molecule has 9 aromatic carbocycles. The Kier molecular flexibility index (Phi) is 12.9. The second kappa shape index (κ2) is 19.7. The van der Waals surface area contributed by atoms with Crippen molar-refractivity contribution in [1.29, 1.82) is 0 Å². The molecule has 11 rings (SSSR count). The maximum absolute atomic E-state index is 13.6. The van der Waals surface area contributed by atoms with Crippen molar-refractivity contribution in [2.75, 3.05) is 0 Å². The van der Waals surface area contributed by atoms with E-state index in [1.54, 1.807) is 0 Å². The Labute approximate surface area is 419 Å². The van der Waals surface area contributed by atoms with Gasteiger partial charge in [-0.1, -0.05) is 261 Å². The van der Waals surface area contributed by atoms with E-state index in [2.05, 4.69) is 0 Å². The number of ether oxygens (including phenoxy) is 4. The first-order chi connectivity index (χ1) is 35.2. The van der Waals surface area contributed by atoms with E-state index in [-0.39, 0.29) is 0 Å². The van der Waals surface area contributed by atoms with E-state index < -0.39 is 59.4 Å². The molecule has 8 nitrogen and oxygen atoms in total. The van der Waals surface area contributed by atoms with E-state index in [9.17, 15) is 20.4 Å². The number of benzene rings is 9. The molecule has 0 unspecified atom stereocenters. The molecule has 72 heavy (non-hydrogen) atoms. The van der Waals surface area contributed by atoms with Gasteiger partial charge >= 0.3 is 0 Å². The Morgan fingerprint density at radius 2 is 0.389 bits per heavy atom. The lowest BCUT2D eigenvalue weighted by Gasteiger charge is -2.42. The third kappa shape index (κ3) is 8.18. The summed E-state index contributed by atoms with van der Waals surface area (Å²) in [6, 6.07) is 82.0. The Bertz CT molecular complexity index is 2600. The molecular weight excluding hydrogens is 897 g/mol. The lowest BCUT2D eigenvalue weighted by molar-refractivity contribution is -0.112. The fourth-order valence-corrected chi connectivity index (χ4v) is 10.8. The highest BCUT2D eigenvalue weighted by Gasteiger charge is 2.61. The van der Waals surface area contributed by atoms with Crippen LogP contribution in [-0.2, 0) is 41.4 Å². The van der Waals surface area contributed by atoms with Crippen LogP contribution >= 0.6 is 0 Å². The molecule has 2 heterocycles. The molecule has 2 aliphatic heterocycles. The molecule has 4 atom stereocenters. The lowest BCUT2D eigenvalue weighted by atomic mass is 9.72. The van der Waals surface area contributed by atoms with Gasteiger partial charge in [-0.15, -0.1) is 0 Å². The quantitative estimate of drug-likeness (QED) is 0.0851. The van der Waals surface area contributed by atoms with Gasteiger partial charge < -0.3 is 39.4 Å². The molecule has 2 aliphatic rings. The molecule has 0 aromatic heterocycles. The maximum Gasteiger partial charge on any atom is 0.185 e. The average molecular weight is 951 g/mol. The van der Waals surface area contributed by atoms with Gasteiger partial charge in [-0.25, -0.2) is 0 Å². The maximum atomic E-state index is 13.6.